The van der Waals surface area contributed by atoms with Crippen LogP contribution >= 0.6 is 11.6 Å². The fourth-order valence-corrected chi connectivity index (χ4v) is 3.36. The van der Waals surface area contributed by atoms with Gasteiger partial charge in [-0.05, 0) is 18.2 Å². The Bertz CT molecular complexity index is 795. The van der Waals surface area contributed by atoms with Gasteiger partial charge in [-0.3, -0.25) is 4.79 Å². The third-order valence-electron chi connectivity index (χ3n) is 4.66. The number of benzene rings is 2. The van der Waals surface area contributed by atoms with E-state index in [0.717, 1.165) is 0 Å². The van der Waals surface area contributed by atoms with Gasteiger partial charge >= 0.3 is 0 Å². The number of aliphatic hydroxyl groups excluding tert-OH is 1. The number of carbonyl (C=O) groups is 1. The summed E-state index contributed by atoms with van der Waals surface area (Å²) in [7, 11) is 7.19. The quantitative estimate of drug-likeness (QED) is 0.331. The number of methoxy groups -OCH3 is 2. The predicted molar refractivity (Wildman–Crippen MR) is 115 cm³/mol. The molecule has 0 aromatic heterocycles. The van der Waals surface area contributed by atoms with Crippen LogP contribution in [0.5, 0.6) is 0 Å². The van der Waals surface area contributed by atoms with E-state index in [9.17, 15) is 9.90 Å². The van der Waals surface area contributed by atoms with Gasteiger partial charge in [0.25, 0.3) is 0 Å². The molecule has 0 spiro atoms. The zero-order valence-corrected chi connectivity index (χ0v) is 18.1. The van der Waals surface area contributed by atoms with Crippen molar-refractivity contribution in [3.63, 3.8) is 0 Å². The fourth-order valence-electron chi connectivity index (χ4n) is 3.19. The van der Waals surface area contributed by atoms with E-state index in [2.05, 4.69) is 5.32 Å². The molecule has 2 N–H and O–H groups in total. The Labute approximate surface area is 177 Å². The van der Waals surface area contributed by atoms with Gasteiger partial charge in [0.15, 0.2) is 5.78 Å². The molecule has 0 amide bonds. The number of carbonyl (C=O) groups excluding carboxylic acids is 1. The monoisotopic (exact) mass is 421 g/mol. The summed E-state index contributed by atoms with van der Waals surface area (Å²) in [5, 5.41) is 14.2. The molecule has 0 saturated heterocycles. The van der Waals surface area contributed by atoms with Gasteiger partial charge in [-0.25, -0.2) is 0 Å². The molecule has 1 atom stereocenters. The highest BCUT2D eigenvalue weighted by molar-refractivity contribution is 6.31. The average Bonchev–Trinajstić information content (AvgIpc) is 2.70. The summed E-state index contributed by atoms with van der Waals surface area (Å²) >= 11 is 6.12. The molecular formula is C22H30ClN2O4+. The number of nitrogens with zero attached hydrogens (tertiary/aromatic N) is 1. The number of nitrogens with one attached hydrogen (secondary N) is 1. The Kier molecular flexibility index (Phi) is 8.61. The Morgan fingerprint density at radius 1 is 1.10 bits per heavy atom. The van der Waals surface area contributed by atoms with Crippen LogP contribution in [-0.2, 0) is 9.47 Å². The van der Waals surface area contributed by atoms with Crippen LogP contribution in [0.25, 0.3) is 0 Å². The number of rotatable bonds is 11. The molecule has 29 heavy (non-hydrogen) atoms. The number of quaternary nitrogens is 1. The summed E-state index contributed by atoms with van der Waals surface area (Å²) in [6, 6.07) is 14.2. The summed E-state index contributed by atoms with van der Waals surface area (Å²) < 4.78 is 11.0. The Hall–Kier alpha value is -1.96. The highest BCUT2D eigenvalue weighted by atomic mass is 35.5. The van der Waals surface area contributed by atoms with E-state index < -0.39 is 6.10 Å². The molecule has 0 aliphatic carbocycles. The molecule has 158 valence electrons. The van der Waals surface area contributed by atoms with Crippen molar-refractivity contribution in [3.8, 4) is 0 Å². The Morgan fingerprint density at radius 3 is 2.38 bits per heavy atom. The van der Waals surface area contributed by atoms with Crippen molar-refractivity contribution in [3.05, 3.63) is 64.7 Å². The van der Waals surface area contributed by atoms with Crippen LogP contribution in [0, 0.1) is 0 Å². The fraction of sp³-hybridized carbons (Fsp3) is 0.409. The van der Waals surface area contributed by atoms with E-state index >= 15 is 0 Å². The van der Waals surface area contributed by atoms with E-state index in [4.69, 9.17) is 21.1 Å². The minimum Gasteiger partial charge on any atom is -0.385 e. The maximum absolute atomic E-state index is 12.9. The van der Waals surface area contributed by atoms with Crippen molar-refractivity contribution >= 4 is 23.1 Å². The van der Waals surface area contributed by atoms with Gasteiger partial charge < -0.3 is 24.4 Å². The zero-order valence-electron chi connectivity index (χ0n) is 17.4. The standard InChI is InChI=1S/C22H29ClN2O4/c1-25(2,15-21(28-3)29-4)14-18(26)13-24-20-11-10-17(23)12-19(20)22(27)16-8-6-5-7-9-16/h5-12,18,21,26H,13-15H2,1-4H3/p+1. The van der Waals surface area contributed by atoms with Gasteiger partial charge in [0.1, 0.15) is 19.2 Å². The molecule has 0 fully saturated rings. The van der Waals surface area contributed by atoms with Gasteiger partial charge in [0.2, 0.25) is 6.29 Å². The predicted octanol–water partition coefficient (Wildman–Crippen LogP) is 3.04. The molecule has 1 unspecified atom stereocenters. The van der Waals surface area contributed by atoms with E-state index in [1.165, 1.54) is 0 Å². The molecule has 2 aromatic carbocycles. The van der Waals surface area contributed by atoms with Crippen LogP contribution in [0.1, 0.15) is 15.9 Å². The summed E-state index contributed by atoms with van der Waals surface area (Å²) in [5.74, 6) is -0.121. The van der Waals surface area contributed by atoms with E-state index in [0.29, 0.717) is 46.0 Å². The number of anilines is 1. The number of halogens is 1. The molecule has 0 radical (unpaired) electrons. The van der Waals surface area contributed by atoms with E-state index in [-0.39, 0.29) is 12.1 Å². The van der Waals surface area contributed by atoms with Gasteiger partial charge in [-0.15, -0.1) is 0 Å². The minimum absolute atomic E-state index is 0.121. The summed E-state index contributed by atoms with van der Waals surface area (Å²) in [5.41, 5.74) is 1.70. The summed E-state index contributed by atoms with van der Waals surface area (Å²) in [6.45, 7) is 1.39. The molecule has 0 aliphatic rings. The van der Waals surface area contributed by atoms with Crippen LogP contribution in [-0.4, -0.2) is 75.7 Å². The lowest BCUT2D eigenvalue weighted by Crippen LogP contribution is -2.51. The van der Waals surface area contributed by atoms with E-state index in [1.807, 2.05) is 32.3 Å². The first-order valence-corrected chi connectivity index (χ1v) is 9.82. The van der Waals surface area contributed by atoms with Crippen LogP contribution < -0.4 is 5.32 Å². The van der Waals surface area contributed by atoms with Gasteiger partial charge in [-0.1, -0.05) is 41.9 Å². The lowest BCUT2D eigenvalue weighted by molar-refractivity contribution is -0.898. The molecule has 0 heterocycles. The number of ketones is 1. The largest absolute Gasteiger partial charge is 0.385 e. The molecule has 2 aromatic rings. The second-order valence-corrected chi connectivity index (χ2v) is 8.06. The van der Waals surface area contributed by atoms with Crippen LogP contribution in [0.4, 0.5) is 5.69 Å². The third-order valence-corrected chi connectivity index (χ3v) is 4.90. The summed E-state index contributed by atoms with van der Waals surface area (Å²) in [6.07, 6.45) is -0.966. The van der Waals surface area contributed by atoms with E-state index in [1.54, 1.807) is 44.6 Å². The van der Waals surface area contributed by atoms with Crippen LogP contribution in [0.2, 0.25) is 5.02 Å². The van der Waals surface area contributed by atoms with Crippen molar-refractivity contribution in [2.24, 2.45) is 0 Å². The first-order chi connectivity index (χ1) is 13.8. The minimum atomic E-state index is -0.630. The smallest absolute Gasteiger partial charge is 0.207 e. The van der Waals surface area contributed by atoms with Crippen molar-refractivity contribution in [1.29, 1.82) is 0 Å². The molecular weight excluding hydrogens is 392 g/mol. The second-order valence-electron chi connectivity index (χ2n) is 7.62. The maximum atomic E-state index is 12.9. The van der Waals surface area contributed by atoms with Crippen molar-refractivity contribution in [1.82, 2.24) is 0 Å². The van der Waals surface area contributed by atoms with Crippen molar-refractivity contribution < 1.29 is 23.9 Å². The molecule has 0 aliphatic heterocycles. The lowest BCUT2D eigenvalue weighted by atomic mass is 10.0. The maximum Gasteiger partial charge on any atom is 0.207 e. The zero-order chi connectivity index (χ0) is 21.4. The number of likely N-dealkylation sites (N-methyl/N-ethyl adjacent to an activating group) is 1. The molecule has 0 bridgehead atoms. The lowest BCUT2D eigenvalue weighted by Gasteiger charge is -2.34. The SMILES string of the molecule is COC(C[N+](C)(C)CC(O)CNc1ccc(Cl)cc1C(=O)c1ccccc1)OC. The van der Waals surface area contributed by atoms with Crippen LogP contribution in [0.15, 0.2) is 48.5 Å². The normalized spacial score (nSPS) is 12.8. The van der Waals surface area contributed by atoms with Crippen molar-refractivity contribution in [2.75, 3.05) is 53.3 Å². The summed E-state index contributed by atoms with van der Waals surface area (Å²) in [4.78, 5) is 12.9. The molecule has 0 saturated carbocycles. The number of ether oxygens (including phenoxy) is 2. The van der Waals surface area contributed by atoms with Crippen molar-refractivity contribution in [2.45, 2.75) is 12.4 Å². The van der Waals surface area contributed by atoms with Crippen LogP contribution in [0.3, 0.4) is 0 Å². The topological polar surface area (TPSA) is 67.8 Å². The first-order valence-electron chi connectivity index (χ1n) is 9.44. The Morgan fingerprint density at radius 2 is 1.76 bits per heavy atom. The van der Waals surface area contributed by atoms with Gasteiger partial charge in [-0.2, -0.15) is 0 Å². The molecule has 2 rings (SSSR count). The Balaban J connectivity index is 2.06. The highest BCUT2D eigenvalue weighted by Crippen LogP contribution is 2.24. The third kappa shape index (κ3) is 7.10. The number of hydrogen-bond donors (Lipinski definition) is 2. The average molecular weight is 422 g/mol. The highest BCUT2D eigenvalue weighted by Gasteiger charge is 2.25. The molecule has 7 heteroatoms. The second kappa shape index (κ2) is 10.7. The molecule has 6 nitrogen and oxygen atoms in total. The van der Waals surface area contributed by atoms with Gasteiger partial charge in [0, 0.05) is 42.6 Å². The van der Waals surface area contributed by atoms with Gasteiger partial charge in [0.05, 0.1) is 14.1 Å². The number of aliphatic hydroxyl groups is 1. The number of hydrogen-bond acceptors (Lipinski definition) is 5. The first kappa shape index (κ1) is 23.3.